The number of pyridine rings is 1. The van der Waals surface area contributed by atoms with E-state index < -0.39 is 0 Å². The van der Waals surface area contributed by atoms with E-state index >= 15 is 0 Å². The minimum atomic E-state index is 0.722. The van der Waals surface area contributed by atoms with Crippen molar-refractivity contribution in [1.29, 1.82) is 0 Å². The van der Waals surface area contributed by atoms with Gasteiger partial charge in [0.25, 0.3) is 0 Å². The second-order valence-electron chi connectivity index (χ2n) is 6.69. The van der Waals surface area contributed by atoms with Crippen LogP contribution in [0.25, 0.3) is 10.8 Å². The normalized spacial score (nSPS) is 21.7. The molecule has 0 aliphatic carbocycles. The number of rotatable bonds is 3. The van der Waals surface area contributed by atoms with E-state index in [9.17, 15) is 0 Å². The zero-order valence-corrected chi connectivity index (χ0v) is 12.5. The summed E-state index contributed by atoms with van der Waals surface area (Å²) in [6, 6.07) is 9.34. The summed E-state index contributed by atoms with van der Waals surface area (Å²) in [5.74, 6) is 2.37. The van der Waals surface area contributed by atoms with E-state index in [1.54, 1.807) is 0 Å². The van der Waals surface area contributed by atoms with Crippen molar-refractivity contribution in [2.45, 2.75) is 38.8 Å². The van der Waals surface area contributed by atoms with Crippen molar-refractivity contribution in [1.82, 2.24) is 0 Å². The van der Waals surface area contributed by atoms with Gasteiger partial charge in [0.1, 0.15) is 14.3 Å². The van der Waals surface area contributed by atoms with Gasteiger partial charge in [0, 0.05) is 17.3 Å². The van der Waals surface area contributed by atoms with Gasteiger partial charge in [0.15, 0.2) is 11.9 Å². The molecular weight excluding hydrogens is 229 g/mol. The molecule has 1 fully saturated rings. The van der Waals surface area contributed by atoms with Gasteiger partial charge in [-0.1, -0.05) is 38.7 Å². The summed E-state index contributed by atoms with van der Waals surface area (Å²) in [7, 11) is 3.53. The fourth-order valence-corrected chi connectivity index (χ4v) is 3.11. The Morgan fingerprint density at radius 3 is 2.58 bits per heavy atom. The Kier molecular flexibility index (Phi) is 3.12. The van der Waals surface area contributed by atoms with Crippen LogP contribution in [-0.4, -0.2) is 7.28 Å². The lowest BCUT2D eigenvalue weighted by Gasteiger charge is -2.07. The Hall–Kier alpha value is -1.31. The van der Waals surface area contributed by atoms with Crippen LogP contribution in [0.2, 0.25) is 5.82 Å². The Morgan fingerprint density at radius 2 is 1.95 bits per heavy atom. The smallest absolute Gasteiger partial charge is 0.176 e. The van der Waals surface area contributed by atoms with Crippen LogP contribution in [0.3, 0.4) is 0 Å². The Bertz CT molecular complexity index is 618. The van der Waals surface area contributed by atoms with Gasteiger partial charge in [-0.2, -0.15) is 0 Å². The first-order valence-corrected chi connectivity index (χ1v) is 7.47. The molecule has 0 amide bonds. The molecule has 3 rings (SSSR count). The van der Waals surface area contributed by atoms with Gasteiger partial charge in [-0.05, 0) is 29.4 Å². The highest BCUT2D eigenvalue weighted by Crippen LogP contribution is 2.42. The molecule has 1 aromatic heterocycles. The van der Waals surface area contributed by atoms with Crippen molar-refractivity contribution >= 4 is 18.1 Å². The molecule has 1 saturated heterocycles. The fraction of sp³-hybridized carbons (Fsp3) is 0.471. The number of aryl methyl sites for hydroxylation is 1. The maximum absolute atomic E-state index is 2.41. The first-order chi connectivity index (χ1) is 9.04. The summed E-state index contributed by atoms with van der Waals surface area (Å²) in [6.45, 7) is 6.92. The summed E-state index contributed by atoms with van der Waals surface area (Å²) in [5.41, 5.74) is 2.97. The summed E-state index contributed by atoms with van der Waals surface area (Å²) < 4.78 is 2.32. The Balaban J connectivity index is 2.03. The van der Waals surface area contributed by atoms with Crippen molar-refractivity contribution in [2.75, 3.05) is 0 Å². The second kappa shape index (κ2) is 4.66. The number of hydrogen-bond donors (Lipinski definition) is 0. The average Bonchev–Trinajstić information content (AvgIpc) is 3.05. The van der Waals surface area contributed by atoms with E-state index in [1.807, 2.05) is 0 Å². The van der Waals surface area contributed by atoms with Crippen LogP contribution in [0.1, 0.15) is 37.8 Å². The largest absolute Gasteiger partial charge is 0.205 e. The molecule has 1 aliphatic rings. The zero-order valence-electron chi connectivity index (χ0n) is 12.5. The highest BCUT2D eigenvalue weighted by molar-refractivity contribution is 6.53. The average molecular weight is 252 g/mol. The number of nitrogens with zero attached hydrogens (tertiary/aromatic N) is 1. The molecule has 1 aliphatic heterocycles. The minimum absolute atomic E-state index is 0.722. The quantitative estimate of drug-likeness (QED) is 0.583. The molecule has 0 saturated carbocycles. The predicted octanol–water partition coefficient (Wildman–Crippen LogP) is 3.16. The van der Waals surface area contributed by atoms with Gasteiger partial charge < -0.3 is 0 Å². The van der Waals surface area contributed by atoms with E-state index in [1.165, 1.54) is 35.7 Å². The molecule has 2 atom stereocenters. The van der Waals surface area contributed by atoms with Gasteiger partial charge in [-0.25, -0.2) is 4.57 Å². The summed E-state index contributed by atoms with van der Waals surface area (Å²) >= 11 is 0. The lowest BCUT2D eigenvalue weighted by Crippen LogP contribution is -2.32. The highest BCUT2D eigenvalue weighted by atomic mass is 14.9. The number of hydrogen-bond acceptors (Lipinski definition) is 0. The van der Waals surface area contributed by atoms with Gasteiger partial charge in [-0.3, -0.25) is 0 Å². The molecule has 1 aromatic carbocycles. The van der Waals surface area contributed by atoms with Crippen LogP contribution in [0.15, 0.2) is 30.5 Å². The third-order valence-electron chi connectivity index (χ3n) is 4.33. The SMILES string of the molecule is CC(C)Cc1ccc2c[n+](C)c(C3BC3C)cc2c1. The van der Waals surface area contributed by atoms with Crippen molar-refractivity contribution in [3.63, 3.8) is 0 Å². The Labute approximate surface area is 116 Å². The molecule has 0 radical (unpaired) electrons. The zero-order chi connectivity index (χ0) is 13.6. The first kappa shape index (κ1) is 12.7. The van der Waals surface area contributed by atoms with Crippen LogP contribution in [0, 0.1) is 5.92 Å². The fourth-order valence-electron chi connectivity index (χ4n) is 3.11. The highest BCUT2D eigenvalue weighted by Gasteiger charge is 2.41. The van der Waals surface area contributed by atoms with Crippen LogP contribution >= 0.6 is 0 Å². The van der Waals surface area contributed by atoms with Crippen molar-refractivity contribution in [3.05, 3.63) is 41.7 Å². The molecule has 19 heavy (non-hydrogen) atoms. The van der Waals surface area contributed by atoms with Crippen LogP contribution in [0.4, 0.5) is 0 Å². The maximum Gasteiger partial charge on any atom is 0.176 e. The Morgan fingerprint density at radius 1 is 1.21 bits per heavy atom. The van der Waals surface area contributed by atoms with Crippen molar-refractivity contribution < 1.29 is 4.57 Å². The molecule has 2 heterocycles. The number of fused-ring (bicyclic) bond motifs is 1. The standard InChI is InChI=1S/C17H23BN/c1-11(2)7-13-5-6-14-10-19(4)16(9-15(14)8-13)17-12(3)18-17/h5-6,8-12,17-18H,7H2,1-4H3/q+1. The number of aromatic nitrogens is 1. The molecule has 0 bridgehead atoms. The number of benzene rings is 1. The second-order valence-corrected chi connectivity index (χ2v) is 6.69. The lowest BCUT2D eigenvalue weighted by atomic mass is 9.96. The van der Waals surface area contributed by atoms with Gasteiger partial charge in [-0.15, -0.1) is 0 Å². The molecular formula is C17H23BN+. The maximum atomic E-state index is 2.41. The third kappa shape index (κ3) is 2.54. The van der Waals surface area contributed by atoms with Crippen LogP contribution < -0.4 is 4.57 Å². The van der Waals surface area contributed by atoms with Crippen molar-refractivity contribution in [2.24, 2.45) is 13.0 Å². The molecule has 2 unspecified atom stereocenters. The van der Waals surface area contributed by atoms with Gasteiger partial charge >= 0.3 is 0 Å². The lowest BCUT2D eigenvalue weighted by molar-refractivity contribution is -0.677. The molecule has 1 nitrogen and oxygen atoms in total. The third-order valence-corrected chi connectivity index (χ3v) is 4.33. The van der Waals surface area contributed by atoms with Gasteiger partial charge in [0.2, 0.25) is 0 Å². The van der Waals surface area contributed by atoms with Crippen LogP contribution in [0.5, 0.6) is 0 Å². The van der Waals surface area contributed by atoms with E-state index in [-0.39, 0.29) is 0 Å². The molecule has 2 heteroatoms. The summed E-state index contributed by atoms with van der Waals surface area (Å²) in [4.78, 5) is 0. The summed E-state index contributed by atoms with van der Waals surface area (Å²) in [5, 5.41) is 2.76. The predicted molar refractivity (Wildman–Crippen MR) is 83.0 cm³/mol. The van der Waals surface area contributed by atoms with E-state index in [0.717, 1.165) is 17.6 Å². The van der Waals surface area contributed by atoms with E-state index in [4.69, 9.17) is 0 Å². The molecule has 0 N–H and O–H groups in total. The molecule has 98 valence electrons. The van der Waals surface area contributed by atoms with Gasteiger partial charge in [0.05, 0.1) is 0 Å². The topological polar surface area (TPSA) is 3.88 Å². The first-order valence-electron chi connectivity index (χ1n) is 7.47. The van der Waals surface area contributed by atoms with Crippen LogP contribution in [-0.2, 0) is 13.5 Å². The summed E-state index contributed by atoms with van der Waals surface area (Å²) in [6.07, 6.45) is 3.46. The van der Waals surface area contributed by atoms with E-state index in [0.29, 0.717) is 0 Å². The monoisotopic (exact) mass is 252 g/mol. The molecule has 2 aromatic rings. The van der Waals surface area contributed by atoms with Crippen molar-refractivity contribution in [3.8, 4) is 0 Å². The van der Waals surface area contributed by atoms with E-state index in [2.05, 4.69) is 62.8 Å². The minimum Gasteiger partial charge on any atom is -0.205 e. The molecule has 0 spiro atoms.